The Bertz CT molecular complexity index is 1670. The number of benzene rings is 3. The number of hydrogen-bond donors (Lipinski definition) is 4. The number of fused-ring (bicyclic) bond motifs is 10. The standard InChI is InChI=1S/C35H39Br2N3O9.C2H6/c1-19-11-21-14-25(40-34(45)49-35(2,3)4)31(42)39-27(18-47-17-20-9-7-6-8-10-20)32(43)38-26(33(44)46-5)15-22-12-23(36)30(24(37)13-22)48-28(16-21)29(19)41;1-2/h6-13,16,25-27,41H,14-15,17-18H2,1-5H3,(H,38,43)(H,39,42)(H,40,45);1-2H3. The van der Waals surface area contributed by atoms with E-state index in [1.54, 1.807) is 52.0 Å². The molecule has 0 aromatic heterocycles. The molecule has 12 nitrogen and oxygen atoms in total. The molecule has 14 heteroatoms. The van der Waals surface area contributed by atoms with Crippen molar-refractivity contribution in [1.82, 2.24) is 16.0 Å². The van der Waals surface area contributed by atoms with Crippen molar-refractivity contribution in [3.8, 4) is 17.2 Å². The van der Waals surface area contributed by atoms with Crippen molar-refractivity contribution in [2.45, 2.75) is 84.7 Å². The minimum Gasteiger partial charge on any atom is -0.504 e. The fraction of sp³-hybridized carbons (Fsp3) is 0.405. The van der Waals surface area contributed by atoms with Gasteiger partial charge in [0, 0.05) is 12.8 Å². The molecule has 51 heavy (non-hydrogen) atoms. The summed E-state index contributed by atoms with van der Waals surface area (Å²) in [5.41, 5.74) is 1.60. The molecule has 3 amide bonds. The number of phenolic OH excluding ortho intramolecular Hbond substituents is 1. The summed E-state index contributed by atoms with van der Waals surface area (Å²) in [5.74, 6) is -1.84. The molecule has 3 aromatic carbocycles. The third-order valence-electron chi connectivity index (χ3n) is 7.31. The smallest absolute Gasteiger partial charge is 0.408 e. The lowest BCUT2D eigenvalue weighted by Crippen LogP contribution is -2.58. The lowest BCUT2D eigenvalue weighted by atomic mass is 10.0. The van der Waals surface area contributed by atoms with Gasteiger partial charge in [-0.15, -0.1) is 0 Å². The van der Waals surface area contributed by atoms with Crippen molar-refractivity contribution in [3.63, 3.8) is 0 Å². The molecule has 0 saturated heterocycles. The van der Waals surface area contributed by atoms with Gasteiger partial charge < -0.3 is 40.0 Å². The van der Waals surface area contributed by atoms with E-state index in [9.17, 15) is 24.3 Å². The third-order valence-corrected chi connectivity index (χ3v) is 8.49. The summed E-state index contributed by atoms with van der Waals surface area (Å²) in [6.07, 6.45) is -0.914. The van der Waals surface area contributed by atoms with E-state index in [4.69, 9.17) is 18.9 Å². The van der Waals surface area contributed by atoms with Crippen molar-refractivity contribution < 1.29 is 43.2 Å². The Hall–Kier alpha value is -4.14. The average Bonchev–Trinajstić information content (AvgIpc) is 3.07. The quantitative estimate of drug-likeness (QED) is 0.206. The minimum absolute atomic E-state index is 0.0180. The zero-order valence-electron chi connectivity index (χ0n) is 29.7. The average molecular weight is 836 g/mol. The zero-order valence-corrected chi connectivity index (χ0v) is 32.9. The van der Waals surface area contributed by atoms with Gasteiger partial charge in [-0.3, -0.25) is 9.59 Å². The molecule has 0 aliphatic carbocycles. The minimum atomic E-state index is -1.29. The Balaban J connectivity index is 0.00000345. The van der Waals surface area contributed by atoms with Crippen LogP contribution < -0.4 is 20.7 Å². The number of aromatic hydroxyl groups is 1. The van der Waals surface area contributed by atoms with Gasteiger partial charge in [0.2, 0.25) is 11.8 Å². The number of aryl methyl sites for hydroxylation is 1. The molecule has 2 heterocycles. The number of methoxy groups -OCH3 is 1. The number of alkyl carbamates (subject to hydrolysis) is 1. The number of phenols is 1. The largest absolute Gasteiger partial charge is 0.504 e. The molecule has 0 fully saturated rings. The van der Waals surface area contributed by atoms with E-state index in [2.05, 4.69) is 47.8 Å². The van der Waals surface area contributed by atoms with E-state index in [0.717, 1.165) is 5.56 Å². The molecular formula is C37H45Br2N3O9. The second-order valence-corrected chi connectivity index (χ2v) is 14.2. The van der Waals surface area contributed by atoms with Crippen LogP contribution in [0.25, 0.3) is 0 Å². The van der Waals surface area contributed by atoms with Crippen LogP contribution in [0.4, 0.5) is 4.79 Å². The van der Waals surface area contributed by atoms with Crippen molar-refractivity contribution >= 4 is 55.7 Å². The number of hydrogen-bond acceptors (Lipinski definition) is 9. The highest BCUT2D eigenvalue weighted by Crippen LogP contribution is 2.42. The van der Waals surface area contributed by atoms with Crippen LogP contribution in [0.3, 0.4) is 0 Å². The van der Waals surface area contributed by atoms with Crippen LogP contribution in [0.5, 0.6) is 17.2 Å². The Labute approximate surface area is 315 Å². The van der Waals surface area contributed by atoms with Crippen LogP contribution >= 0.6 is 31.9 Å². The molecule has 2 aliphatic heterocycles. The topological polar surface area (TPSA) is 162 Å². The number of carbonyl (C=O) groups is 4. The van der Waals surface area contributed by atoms with Gasteiger partial charge >= 0.3 is 12.1 Å². The van der Waals surface area contributed by atoms with Gasteiger partial charge in [-0.05, 0) is 100 Å². The number of esters is 1. The predicted octanol–water partition coefficient (Wildman–Crippen LogP) is 6.40. The van der Waals surface area contributed by atoms with E-state index in [1.807, 2.05) is 44.2 Å². The normalized spacial score (nSPS) is 17.8. The molecule has 3 unspecified atom stereocenters. The number of carbonyl (C=O) groups excluding carboxylic acids is 4. The Morgan fingerprint density at radius 2 is 1.59 bits per heavy atom. The highest BCUT2D eigenvalue weighted by molar-refractivity contribution is 9.11. The predicted molar refractivity (Wildman–Crippen MR) is 199 cm³/mol. The molecule has 3 atom stereocenters. The van der Waals surface area contributed by atoms with Gasteiger partial charge in [0.25, 0.3) is 0 Å². The van der Waals surface area contributed by atoms with E-state index >= 15 is 0 Å². The number of nitrogens with one attached hydrogen (secondary N) is 3. The first-order valence-electron chi connectivity index (χ1n) is 16.4. The SMILES string of the molecule is CC.COC(=O)C1Cc2cc(Br)c(c(Br)c2)Oc2cc(cc(C)c2O)CC(NC(=O)OC(C)(C)C)C(=O)NC(COCc2ccccc2)C(=O)N1. The van der Waals surface area contributed by atoms with Gasteiger partial charge in [-0.25, -0.2) is 9.59 Å². The second-order valence-electron chi connectivity index (χ2n) is 12.5. The van der Waals surface area contributed by atoms with Crippen LogP contribution in [-0.4, -0.2) is 66.4 Å². The van der Waals surface area contributed by atoms with Crippen LogP contribution in [0.15, 0.2) is 63.5 Å². The Kier molecular flexibility index (Phi) is 15.3. The van der Waals surface area contributed by atoms with E-state index < -0.39 is 47.6 Å². The third kappa shape index (κ3) is 12.3. The summed E-state index contributed by atoms with van der Waals surface area (Å²) >= 11 is 7.04. The number of ether oxygens (including phenoxy) is 4. The molecule has 4 N–H and O–H groups in total. The molecule has 0 radical (unpaired) electrons. The summed E-state index contributed by atoms with van der Waals surface area (Å²) in [7, 11) is 1.21. The highest BCUT2D eigenvalue weighted by atomic mass is 79.9. The Morgan fingerprint density at radius 1 is 0.961 bits per heavy atom. The molecule has 0 spiro atoms. The molecule has 2 aliphatic rings. The van der Waals surface area contributed by atoms with E-state index in [-0.39, 0.29) is 37.6 Å². The first-order valence-corrected chi connectivity index (χ1v) is 18.0. The maximum absolute atomic E-state index is 13.9. The van der Waals surface area contributed by atoms with E-state index in [0.29, 0.717) is 31.4 Å². The van der Waals surface area contributed by atoms with Gasteiger partial charge in [0.1, 0.15) is 23.7 Å². The second kappa shape index (κ2) is 18.9. The van der Waals surface area contributed by atoms with Crippen molar-refractivity contribution in [2.24, 2.45) is 0 Å². The maximum Gasteiger partial charge on any atom is 0.408 e. The first kappa shape index (κ1) is 41.3. The molecule has 5 rings (SSSR count). The van der Waals surface area contributed by atoms with Crippen LogP contribution in [0.2, 0.25) is 0 Å². The van der Waals surface area contributed by atoms with Crippen molar-refractivity contribution in [2.75, 3.05) is 13.7 Å². The van der Waals surface area contributed by atoms with Crippen molar-refractivity contribution in [1.29, 1.82) is 0 Å². The molecular weight excluding hydrogens is 790 g/mol. The number of rotatable bonds is 6. The van der Waals surface area contributed by atoms with Crippen LogP contribution in [0, 0.1) is 6.92 Å². The van der Waals surface area contributed by atoms with Crippen molar-refractivity contribution in [3.05, 3.63) is 85.8 Å². The van der Waals surface area contributed by atoms with Gasteiger partial charge in [0.05, 0.1) is 29.3 Å². The maximum atomic E-state index is 13.9. The molecule has 276 valence electrons. The Morgan fingerprint density at radius 3 is 2.20 bits per heavy atom. The fourth-order valence-electron chi connectivity index (χ4n) is 5.01. The van der Waals surface area contributed by atoms with Crippen LogP contribution in [0.1, 0.15) is 56.9 Å². The lowest BCUT2D eigenvalue weighted by Gasteiger charge is -2.26. The summed E-state index contributed by atoms with van der Waals surface area (Å²) in [5, 5.41) is 18.9. The fourth-order valence-corrected chi connectivity index (χ4v) is 6.46. The highest BCUT2D eigenvalue weighted by Gasteiger charge is 2.32. The summed E-state index contributed by atoms with van der Waals surface area (Å²) in [4.78, 5) is 53.6. The first-order chi connectivity index (χ1) is 24.1. The molecule has 4 bridgehead atoms. The number of amides is 3. The summed E-state index contributed by atoms with van der Waals surface area (Å²) in [6.45, 7) is 10.6. The monoisotopic (exact) mass is 833 g/mol. The van der Waals surface area contributed by atoms with Crippen LogP contribution in [-0.2, 0) is 48.0 Å². The van der Waals surface area contributed by atoms with Gasteiger partial charge in [0.15, 0.2) is 17.2 Å². The number of halogens is 2. The summed E-state index contributed by atoms with van der Waals surface area (Å²) in [6, 6.07) is 12.2. The van der Waals surface area contributed by atoms with Gasteiger partial charge in [-0.1, -0.05) is 50.2 Å². The molecule has 3 aromatic rings. The van der Waals surface area contributed by atoms with E-state index in [1.165, 1.54) is 7.11 Å². The zero-order chi connectivity index (χ0) is 37.9. The lowest BCUT2D eigenvalue weighted by molar-refractivity contribution is -0.145. The molecule has 0 saturated carbocycles. The van der Waals surface area contributed by atoms with Gasteiger partial charge in [-0.2, -0.15) is 0 Å². The summed E-state index contributed by atoms with van der Waals surface area (Å²) < 4.78 is 23.4.